The smallest absolute Gasteiger partial charge is 0.0489 e. The lowest BCUT2D eigenvalue weighted by Crippen LogP contribution is -2.27. The number of benzene rings is 1. The zero-order valence-corrected chi connectivity index (χ0v) is 13.2. The summed E-state index contributed by atoms with van der Waals surface area (Å²) >= 11 is 0. The SMILES string of the molecule is CC(C)COCCCNC1CCC(C)c2ccccc21. The highest BCUT2D eigenvalue weighted by Crippen LogP contribution is 2.36. The molecule has 1 aromatic rings. The molecule has 1 aliphatic carbocycles. The number of ether oxygens (including phenoxy) is 1. The van der Waals surface area contributed by atoms with Crippen molar-refractivity contribution in [2.45, 2.75) is 52.0 Å². The van der Waals surface area contributed by atoms with Gasteiger partial charge in [-0.25, -0.2) is 0 Å². The second kappa shape index (κ2) is 7.80. The van der Waals surface area contributed by atoms with Crippen LogP contribution in [0.4, 0.5) is 0 Å². The molecule has 2 atom stereocenters. The molecule has 0 aromatic heterocycles. The minimum Gasteiger partial charge on any atom is -0.381 e. The minimum atomic E-state index is 0.535. The zero-order chi connectivity index (χ0) is 14.4. The maximum absolute atomic E-state index is 5.63. The quantitative estimate of drug-likeness (QED) is 0.750. The van der Waals surface area contributed by atoms with E-state index in [4.69, 9.17) is 4.74 Å². The highest BCUT2D eigenvalue weighted by atomic mass is 16.5. The van der Waals surface area contributed by atoms with Crippen LogP contribution in [0.1, 0.15) is 63.1 Å². The van der Waals surface area contributed by atoms with E-state index in [9.17, 15) is 0 Å². The van der Waals surface area contributed by atoms with E-state index < -0.39 is 0 Å². The molecule has 0 aliphatic heterocycles. The number of rotatable bonds is 7. The Balaban J connectivity index is 1.76. The van der Waals surface area contributed by atoms with Gasteiger partial charge in [0.15, 0.2) is 0 Å². The highest BCUT2D eigenvalue weighted by Gasteiger charge is 2.23. The van der Waals surface area contributed by atoms with E-state index in [1.165, 1.54) is 24.0 Å². The van der Waals surface area contributed by atoms with E-state index in [1.54, 1.807) is 0 Å². The Morgan fingerprint density at radius 2 is 1.95 bits per heavy atom. The molecule has 0 fully saturated rings. The Labute approximate surface area is 123 Å². The maximum Gasteiger partial charge on any atom is 0.0489 e. The first kappa shape index (κ1) is 15.5. The van der Waals surface area contributed by atoms with Gasteiger partial charge in [-0.05, 0) is 48.8 Å². The minimum absolute atomic E-state index is 0.535. The van der Waals surface area contributed by atoms with Gasteiger partial charge in [-0.2, -0.15) is 0 Å². The lowest BCUT2D eigenvalue weighted by molar-refractivity contribution is 0.107. The van der Waals surface area contributed by atoms with Gasteiger partial charge in [0.05, 0.1) is 0 Å². The van der Waals surface area contributed by atoms with Crippen LogP contribution in [0.5, 0.6) is 0 Å². The fourth-order valence-electron chi connectivity index (χ4n) is 2.99. The summed E-state index contributed by atoms with van der Waals surface area (Å²) in [5.41, 5.74) is 3.04. The first-order valence-corrected chi connectivity index (χ1v) is 8.08. The van der Waals surface area contributed by atoms with Gasteiger partial charge in [0.2, 0.25) is 0 Å². The summed E-state index contributed by atoms with van der Waals surface area (Å²) in [6, 6.07) is 9.44. The lowest BCUT2D eigenvalue weighted by atomic mass is 9.81. The van der Waals surface area contributed by atoms with Gasteiger partial charge >= 0.3 is 0 Å². The molecule has 20 heavy (non-hydrogen) atoms. The third kappa shape index (κ3) is 4.32. The summed E-state index contributed by atoms with van der Waals surface area (Å²) in [6.07, 6.45) is 3.64. The van der Waals surface area contributed by atoms with Crippen molar-refractivity contribution in [3.05, 3.63) is 35.4 Å². The Morgan fingerprint density at radius 1 is 1.20 bits per heavy atom. The lowest BCUT2D eigenvalue weighted by Gasteiger charge is -2.30. The van der Waals surface area contributed by atoms with E-state index in [0.717, 1.165) is 26.2 Å². The van der Waals surface area contributed by atoms with Crippen molar-refractivity contribution < 1.29 is 4.74 Å². The Hall–Kier alpha value is -0.860. The molecule has 0 saturated heterocycles. The van der Waals surface area contributed by atoms with E-state index >= 15 is 0 Å². The molecular formula is C18H29NO. The van der Waals surface area contributed by atoms with E-state index in [1.807, 2.05) is 0 Å². The maximum atomic E-state index is 5.63. The second-order valence-corrected chi connectivity index (χ2v) is 6.44. The Morgan fingerprint density at radius 3 is 2.70 bits per heavy atom. The number of nitrogens with one attached hydrogen (secondary N) is 1. The molecule has 1 aromatic carbocycles. The molecule has 0 saturated carbocycles. The van der Waals surface area contributed by atoms with Crippen LogP contribution in [0.15, 0.2) is 24.3 Å². The summed E-state index contributed by atoms with van der Waals surface area (Å²) < 4.78 is 5.63. The molecule has 2 nitrogen and oxygen atoms in total. The van der Waals surface area contributed by atoms with Crippen LogP contribution < -0.4 is 5.32 Å². The summed E-state index contributed by atoms with van der Waals surface area (Å²) in [5, 5.41) is 3.71. The van der Waals surface area contributed by atoms with Gasteiger partial charge in [-0.1, -0.05) is 45.0 Å². The first-order chi connectivity index (χ1) is 9.68. The average Bonchev–Trinajstić information content (AvgIpc) is 2.45. The van der Waals surface area contributed by atoms with Crippen LogP contribution in [0, 0.1) is 5.92 Å². The molecule has 2 rings (SSSR count). The third-order valence-electron chi connectivity index (χ3n) is 4.10. The van der Waals surface area contributed by atoms with Gasteiger partial charge in [0.1, 0.15) is 0 Å². The van der Waals surface area contributed by atoms with Crippen LogP contribution in [-0.2, 0) is 4.74 Å². The monoisotopic (exact) mass is 275 g/mol. The predicted molar refractivity (Wildman–Crippen MR) is 85.1 cm³/mol. The molecule has 2 heteroatoms. The van der Waals surface area contributed by atoms with Crippen LogP contribution in [-0.4, -0.2) is 19.8 Å². The Bertz CT molecular complexity index is 402. The van der Waals surface area contributed by atoms with Crippen molar-refractivity contribution >= 4 is 0 Å². The van der Waals surface area contributed by atoms with Gasteiger partial charge in [-0.3, -0.25) is 0 Å². The molecule has 1 aliphatic rings. The highest BCUT2D eigenvalue weighted by molar-refractivity contribution is 5.34. The topological polar surface area (TPSA) is 21.3 Å². The molecule has 1 N–H and O–H groups in total. The van der Waals surface area contributed by atoms with Crippen molar-refractivity contribution in [1.29, 1.82) is 0 Å². The molecule has 0 heterocycles. The van der Waals surface area contributed by atoms with E-state index in [-0.39, 0.29) is 0 Å². The fraction of sp³-hybridized carbons (Fsp3) is 0.667. The summed E-state index contributed by atoms with van der Waals surface area (Å²) in [4.78, 5) is 0. The van der Waals surface area contributed by atoms with Crippen molar-refractivity contribution in [1.82, 2.24) is 5.32 Å². The van der Waals surface area contributed by atoms with Crippen molar-refractivity contribution in [2.24, 2.45) is 5.92 Å². The summed E-state index contributed by atoms with van der Waals surface area (Å²) in [5.74, 6) is 1.34. The largest absolute Gasteiger partial charge is 0.381 e. The second-order valence-electron chi connectivity index (χ2n) is 6.44. The standard InChI is InChI=1S/C18H29NO/c1-14(2)13-20-12-6-11-19-18-10-9-15(3)16-7-4-5-8-17(16)18/h4-5,7-8,14-15,18-19H,6,9-13H2,1-3H3. The van der Waals surface area contributed by atoms with Crippen molar-refractivity contribution in [3.63, 3.8) is 0 Å². The summed E-state index contributed by atoms with van der Waals surface area (Å²) in [7, 11) is 0. The molecule has 112 valence electrons. The van der Waals surface area contributed by atoms with Crippen molar-refractivity contribution in [3.8, 4) is 0 Å². The zero-order valence-electron chi connectivity index (χ0n) is 13.2. The third-order valence-corrected chi connectivity index (χ3v) is 4.10. The van der Waals surface area contributed by atoms with Gasteiger partial charge in [0, 0.05) is 19.3 Å². The van der Waals surface area contributed by atoms with Gasteiger partial charge < -0.3 is 10.1 Å². The molecule has 0 radical (unpaired) electrons. The fourth-order valence-corrected chi connectivity index (χ4v) is 2.99. The van der Waals surface area contributed by atoms with E-state index in [0.29, 0.717) is 17.9 Å². The van der Waals surface area contributed by atoms with Crippen molar-refractivity contribution in [2.75, 3.05) is 19.8 Å². The predicted octanol–water partition coefficient (Wildman–Crippen LogP) is 4.28. The van der Waals surface area contributed by atoms with Crippen LogP contribution in [0.2, 0.25) is 0 Å². The number of fused-ring (bicyclic) bond motifs is 1. The molecule has 2 unspecified atom stereocenters. The van der Waals surface area contributed by atoms with Crippen LogP contribution in [0.25, 0.3) is 0 Å². The van der Waals surface area contributed by atoms with Crippen LogP contribution in [0.3, 0.4) is 0 Å². The van der Waals surface area contributed by atoms with Gasteiger partial charge in [-0.15, -0.1) is 0 Å². The number of hydrogen-bond donors (Lipinski definition) is 1. The average molecular weight is 275 g/mol. The van der Waals surface area contributed by atoms with Crippen LogP contribution >= 0.6 is 0 Å². The van der Waals surface area contributed by atoms with E-state index in [2.05, 4.69) is 50.4 Å². The normalized spacial score (nSPS) is 22.0. The first-order valence-electron chi connectivity index (χ1n) is 8.08. The summed E-state index contributed by atoms with van der Waals surface area (Å²) in [6.45, 7) is 9.52. The molecule has 0 bridgehead atoms. The Kier molecular flexibility index (Phi) is 6.06. The molecular weight excluding hydrogens is 246 g/mol. The molecule has 0 amide bonds. The van der Waals surface area contributed by atoms with Gasteiger partial charge in [0.25, 0.3) is 0 Å². The molecule has 0 spiro atoms. The number of hydrogen-bond acceptors (Lipinski definition) is 2.